The zero-order chi connectivity index (χ0) is 23.5. The molecule has 0 radical (unpaired) electrons. The summed E-state index contributed by atoms with van der Waals surface area (Å²) < 4.78 is 137. The Hall–Kier alpha value is -2.66. The van der Waals surface area contributed by atoms with Crippen molar-refractivity contribution in [3.05, 3.63) is 58.2 Å². The maximum Gasteiger partial charge on any atom is 0.200 e. The summed E-state index contributed by atoms with van der Waals surface area (Å²) in [5, 5.41) is 4.64. The first-order valence-corrected chi connectivity index (χ1v) is 9.53. The van der Waals surface area contributed by atoms with Crippen LogP contribution in [0.15, 0.2) is 0 Å². The van der Waals surface area contributed by atoms with Crippen LogP contribution in [0.5, 0.6) is 0 Å². The Balaban J connectivity index is 1.65. The van der Waals surface area contributed by atoms with Crippen LogP contribution in [0.1, 0.15) is 32.1 Å². The van der Waals surface area contributed by atoms with Crippen LogP contribution < -0.4 is 10.6 Å². The highest BCUT2D eigenvalue weighted by Gasteiger charge is 2.47. The Labute approximate surface area is 174 Å². The second-order valence-electron chi connectivity index (χ2n) is 8.19. The van der Waals surface area contributed by atoms with Crippen molar-refractivity contribution in [2.75, 3.05) is 10.6 Å². The summed E-state index contributed by atoms with van der Waals surface area (Å²) >= 11 is 0. The fourth-order valence-electron chi connectivity index (χ4n) is 4.77. The van der Waals surface area contributed by atoms with Gasteiger partial charge in [-0.3, -0.25) is 0 Å². The lowest BCUT2D eigenvalue weighted by Gasteiger charge is -2.40. The Kier molecular flexibility index (Phi) is 5.44. The van der Waals surface area contributed by atoms with Crippen molar-refractivity contribution in [1.29, 1.82) is 0 Å². The molecule has 0 aromatic heterocycles. The van der Waals surface area contributed by atoms with Gasteiger partial charge in [0.25, 0.3) is 0 Å². The van der Waals surface area contributed by atoms with Gasteiger partial charge < -0.3 is 10.6 Å². The van der Waals surface area contributed by atoms with E-state index in [4.69, 9.17) is 0 Å². The number of benzene rings is 2. The predicted octanol–water partition coefficient (Wildman–Crippen LogP) is 6.30. The molecule has 32 heavy (non-hydrogen) atoms. The second-order valence-corrected chi connectivity index (χ2v) is 8.19. The van der Waals surface area contributed by atoms with Crippen molar-refractivity contribution in [2.24, 2.45) is 5.92 Å². The summed E-state index contributed by atoms with van der Waals surface area (Å²) in [5.74, 6) is -21.6. The molecule has 3 unspecified atom stereocenters. The maximum absolute atomic E-state index is 14.1. The lowest BCUT2D eigenvalue weighted by atomic mass is 9.79. The lowest BCUT2D eigenvalue weighted by molar-refractivity contribution is 0.303. The quantitative estimate of drug-likeness (QED) is 0.310. The molecule has 2 aromatic rings. The number of rotatable bonds is 4. The first-order valence-electron chi connectivity index (χ1n) is 9.53. The molecule has 12 heteroatoms. The summed E-state index contributed by atoms with van der Waals surface area (Å²) in [6.07, 6.45) is 1.04. The van der Waals surface area contributed by atoms with Gasteiger partial charge >= 0.3 is 0 Å². The average Bonchev–Trinajstić information content (AvgIpc) is 3.08. The van der Waals surface area contributed by atoms with Gasteiger partial charge in [-0.15, -0.1) is 0 Å². The minimum Gasteiger partial charge on any atom is -0.377 e. The SMILES string of the molecule is Fc1c(F)c(F)c(NC2CC3CCC(Nc4c(F)c(F)c(F)c(F)c4F)(C3)C2)c(F)c1F. The normalized spacial score (nSPS) is 24.7. The molecule has 3 atom stereocenters. The molecule has 174 valence electrons. The highest BCUT2D eigenvalue weighted by atomic mass is 19.2. The fraction of sp³-hybridized carbons (Fsp3) is 0.400. The van der Waals surface area contributed by atoms with Gasteiger partial charge in [-0.05, 0) is 38.0 Å². The Morgan fingerprint density at radius 2 is 1.00 bits per heavy atom. The fourth-order valence-corrected chi connectivity index (χ4v) is 4.77. The molecular weight excluding hydrogens is 458 g/mol. The average molecular weight is 472 g/mol. The predicted molar refractivity (Wildman–Crippen MR) is 92.8 cm³/mol. The smallest absolute Gasteiger partial charge is 0.200 e. The molecule has 0 saturated heterocycles. The molecule has 2 N–H and O–H groups in total. The number of anilines is 2. The second kappa shape index (κ2) is 7.73. The van der Waals surface area contributed by atoms with Crippen LogP contribution in [-0.4, -0.2) is 11.6 Å². The number of fused-ring (bicyclic) bond motifs is 2. The van der Waals surface area contributed by atoms with Crippen LogP contribution in [0.3, 0.4) is 0 Å². The molecule has 2 fully saturated rings. The maximum atomic E-state index is 14.1. The molecule has 2 nitrogen and oxygen atoms in total. The first-order chi connectivity index (χ1) is 15.0. The molecule has 2 bridgehead atoms. The number of nitrogens with one attached hydrogen (secondary N) is 2. The van der Waals surface area contributed by atoms with E-state index in [1.54, 1.807) is 0 Å². The van der Waals surface area contributed by atoms with Crippen LogP contribution in [0.4, 0.5) is 55.3 Å². The van der Waals surface area contributed by atoms with Crippen molar-refractivity contribution in [2.45, 2.75) is 43.7 Å². The van der Waals surface area contributed by atoms with Gasteiger partial charge in [0.15, 0.2) is 46.5 Å². The Morgan fingerprint density at radius 1 is 0.562 bits per heavy atom. The Morgan fingerprint density at radius 3 is 1.50 bits per heavy atom. The van der Waals surface area contributed by atoms with Crippen LogP contribution in [0, 0.1) is 64.1 Å². The van der Waals surface area contributed by atoms with E-state index < -0.39 is 81.1 Å². The zero-order valence-electron chi connectivity index (χ0n) is 16.0. The minimum absolute atomic E-state index is 0.136. The van der Waals surface area contributed by atoms with E-state index in [0.717, 1.165) is 0 Å². The van der Waals surface area contributed by atoms with Gasteiger partial charge in [-0.25, -0.2) is 43.9 Å². The van der Waals surface area contributed by atoms with E-state index in [1.807, 2.05) is 0 Å². The summed E-state index contributed by atoms with van der Waals surface area (Å²) in [4.78, 5) is 0. The van der Waals surface area contributed by atoms with Gasteiger partial charge in [0.05, 0.1) is 0 Å². The minimum atomic E-state index is -2.32. The van der Waals surface area contributed by atoms with Crippen molar-refractivity contribution in [1.82, 2.24) is 0 Å². The number of halogens is 10. The molecule has 2 aliphatic carbocycles. The van der Waals surface area contributed by atoms with Crippen LogP contribution >= 0.6 is 0 Å². The molecular formula is C20H14F10N2. The molecule has 0 amide bonds. The van der Waals surface area contributed by atoms with Crippen molar-refractivity contribution < 1.29 is 43.9 Å². The van der Waals surface area contributed by atoms with Crippen LogP contribution in [0.25, 0.3) is 0 Å². The summed E-state index contributed by atoms with van der Waals surface area (Å²) in [6.45, 7) is 0. The Bertz CT molecular complexity index is 1050. The third-order valence-corrected chi connectivity index (χ3v) is 6.12. The number of hydrogen-bond donors (Lipinski definition) is 2. The summed E-state index contributed by atoms with van der Waals surface area (Å²) in [7, 11) is 0. The molecule has 2 aliphatic rings. The first kappa shape index (κ1) is 22.5. The van der Waals surface area contributed by atoms with Crippen molar-refractivity contribution >= 4 is 11.4 Å². The van der Waals surface area contributed by atoms with E-state index in [-0.39, 0.29) is 31.6 Å². The van der Waals surface area contributed by atoms with Gasteiger partial charge in [0.2, 0.25) is 11.6 Å². The summed E-state index contributed by atoms with van der Waals surface area (Å²) in [5.41, 5.74) is -3.71. The van der Waals surface area contributed by atoms with Gasteiger partial charge in [-0.1, -0.05) is 0 Å². The lowest BCUT2D eigenvalue weighted by Crippen LogP contribution is -2.45. The molecule has 0 spiro atoms. The molecule has 0 aliphatic heterocycles. The highest BCUT2D eigenvalue weighted by molar-refractivity contribution is 5.52. The van der Waals surface area contributed by atoms with Crippen molar-refractivity contribution in [3.63, 3.8) is 0 Å². The van der Waals surface area contributed by atoms with Crippen LogP contribution in [-0.2, 0) is 0 Å². The topological polar surface area (TPSA) is 24.1 Å². The van der Waals surface area contributed by atoms with Gasteiger partial charge in [-0.2, -0.15) is 0 Å². The standard InChI is InChI=1S/C20H14F10N2/c21-8-10(23)14(27)18(15(28)11(8)24)31-7-3-6-1-2-20(4-6,5-7)32-19-16(29)12(25)9(22)13(26)17(19)30/h6-7,31-32H,1-5H2. The van der Waals surface area contributed by atoms with E-state index >= 15 is 0 Å². The van der Waals surface area contributed by atoms with E-state index in [0.29, 0.717) is 6.42 Å². The molecule has 0 heterocycles. The van der Waals surface area contributed by atoms with E-state index in [9.17, 15) is 43.9 Å². The third-order valence-electron chi connectivity index (χ3n) is 6.12. The van der Waals surface area contributed by atoms with E-state index in [1.165, 1.54) is 0 Å². The largest absolute Gasteiger partial charge is 0.377 e. The van der Waals surface area contributed by atoms with Gasteiger partial charge in [0, 0.05) is 11.6 Å². The van der Waals surface area contributed by atoms with Crippen LogP contribution in [0.2, 0.25) is 0 Å². The number of hydrogen-bond acceptors (Lipinski definition) is 2. The van der Waals surface area contributed by atoms with E-state index in [2.05, 4.69) is 10.6 Å². The monoisotopic (exact) mass is 472 g/mol. The molecule has 2 saturated carbocycles. The van der Waals surface area contributed by atoms with Gasteiger partial charge in [0.1, 0.15) is 11.4 Å². The summed E-state index contributed by atoms with van der Waals surface area (Å²) in [6, 6.07) is -0.904. The van der Waals surface area contributed by atoms with Crippen molar-refractivity contribution in [3.8, 4) is 0 Å². The molecule has 2 aromatic carbocycles. The zero-order valence-corrected chi connectivity index (χ0v) is 16.0. The molecule has 4 rings (SSSR count). The highest BCUT2D eigenvalue weighted by Crippen LogP contribution is 2.48. The third kappa shape index (κ3) is 3.43.